The van der Waals surface area contributed by atoms with Crippen molar-refractivity contribution >= 4 is 39.0 Å². The predicted octanol–water partition coefficient (Wildman–Crippen LogP) is 2.77. The lowest BCUT2D eigenvalue weighted by Gasteiger charge is -2.15. The second kappa shape index (κ2) is 5.02. The smallest absolute Gasteiger partial charge is 0.256 e. The first kappa shape index (κ1) is 13.0. The lowest BCUT2D eigenvalue weighted by atomic mass is 9.98. The van der Waals surface area contributed by atoms with Gasteiger partial charge in [-0.15, -0.1) is 0 Å². The second-order valence-electron chi connectivity index (χ2n) is 4.30. The summed E-state index contributed by atoms with van der Waals surface area (Å²) in [5.41, 5.74) is 1.39. The maximum Gasteiger partial charge on any atom is 0.256 e. The number of halogens is 1. The SMILES string of the molecule is CC(=O)CC1C(=O)N(c2ccccc2Br)N=C1C. The molecule has 0 radical (unpaired) electrons. The normalized spacial score (nSPS) is 19.1. The number of rotatable bonds is 3. The molecule has 0 aromatic heterocycles. The highest BCUT2D eigenvalue weighted by Crippen LogP contribution is 2.31. The van der Waals surface area contributed by atoms with Gasteiger partial charge in [-0.25, -0.2) is 0 Å². The summed E-state index contributed by atoms with van der Waals surface area (Å²) < 4.78 is 0.804. The van der Waals surface area contributed by atoms with Crippen molar-refractivity contribution < 1.29 is 9.59 Å². The molecule has 94 valence electrons. The molecule has 18 heavy (non-hydrogen) atoms. The Morgan fingerprint density at radius 1 is 1.44 bits per heavy atom. The lowest BCUT2D eigenvalue weighted by molar-refractivity contribution is -0.124. The average Bonchev–Trinajstić information content (AvgIpc) is 2.57. The minimum Gasteiger partial charge on any atom is -0.300 e. The molecule has 1 aliphatic rings. The molecule has 1 heterocycles. The van der Waals surface area contributed by atoms with Crippen LogP contribution < -0.4 is 5.01 Å². The van der Waals surface area contributed by atoms with Gasteiger partial charge < -0.3 is 0 Å². The number of benzene rings is 1. The molecule has 5 heteroatoms. The van der Waals surface area contributed by atoms with Crippen LogP contribution in [0.2, 0.25) is 0 Å². The Bertz CT molecular complexity index is 540. The molecule has 2 rings (SSSR count). The highest BCUT2D eigenvalue weighted by atomic mass is 79.9. The van der Waals surface area contributed by atoms with E-state index in [1.165, 1.54) is 11.9 Å². The van der Waals surface area contributed by atoms with Crippen LogP contribution in [0, 0.1) is 5.92 Å². The Hall–Kier alpha value is -1.49. The number of carbonyl (C=O) groups is 2. The number of nitrogens with zero attached hydrogens (tertiary/aromatic N) is 2. The van der Waals surface area contributed by atoms with Gasteiger partial charge in [-0.1, -0.05) is 12.1 Å². The summed E-state index contributed by atoms with van der Waals surface area (Å²) in [6, 6.07) is 7.38. The highest BCUT2D eigenvalue weighted by Gasteiger charge is 2.35. The number of Topliss-reactive ketones (excluding diaryl/α,β-unsaturated/α-hetero) is 1. The van der Waals surface area contributed by atoms with Crippen molar-refractivity contribution in [1.82, 2.24) is 0 Å². The number of hydrazone groups is 1. The first-order valence-electron chi connectivity index (χ1n) is 5.63. The van der Waals surface area contributed by atoms with Gasteiger partial charge in [-0.05, 0) is 41.9 Å². The molecule has 4 nitrogen and oxygen atoms in total. The van der Waals surface area contributed by atoms with Gasteiger partial charge in [-0.3, -0.25) is 9.59 Å². The number of amides is 1. The summed E-state index contributed by atoms with van der Waals surface area (Å²) in [5, 5.41) is 5.62. The molecular weight excluding hydrogens is 296 g/mol. The summed E-state index contributed by atoms with van der Waals surface area (Å²) in [4.78, 5) is 23.4. The van der Waals surface area contributed by atoms with E-state index < -0.39 is 5.92 Å². The van der Waals surface area contributed by atoms with Crippen LogP contribution in [-0.4, -0.2) is 17.4 Å². The van der Waals surface area contributed by atoms with E-state index in [4.69, 9.17) is 0 Å². The molecule has 1 aliphatic heterocycles. The molecule has 0 saturated carbocycles. The van der Waals surface area contributed by atoms with Crippen molar-refractivity contribution in [3.05, 3.63) is 28.7 Å². The largest absolute Gasteiger partial charge is 0.300 e. The Morgan fingerprint density at radius 2 is 2.11 bits per heavy atom. The van der Waals surface area contributed by atoms with Crippen LogP contribution in [0.25, 0.3) is 0 Å². The summed E-state index contributed by atoms with van der Waals surface area (Å²) in [6.45, 7) is 3.27. The Morgan fingerprint density at radius 3 is 2.72 bits per heavy atom. The molecule has 0 bridgehead atoms. The van der Waals surface area contributed by atoms with Crippen LogP contribution in [0.3, 0.4) is 0 Å². The number of para-hydroxylation sites is 1. The van der Waals surface area contributed by atoms with Crippen LogP contribution in [0.1, 0.15) is 20.3 Å². The molecule has 1 unspecified atom stereocenters. The van der Waals surface area contributed by atoms with E-state index in [-0.39, 0.29) is 18.1 Å². The quantitative estimate of drug-likeness (QED) is 0.862. The summed E-state index contributed by atoms with van der Waals surface area (Å²) in [7, 11) is 0. The van der Waals surface area contributed by atoms with Crippen molar-refractivity contribution in [2.45, 2.75) is 20.3 Å². The zero-order valence-corrected chi connectivity index (χ0v) is 11.8. The topological polar surface area (TPSA) is 49.7 Å². The van der Waals surface area contributed by atoms with Gasteiger partial charge in [0.2, 0.25) is 0 Å². The van der Waals surface area contributed by atoms with Crippen molar-refractivity contribution in [3.8, 4) is 0 Å². The van der Waals surface area contributed by atoms with E-state index in [0.29, 0.717) is 11.4 Å². The Balaban J connectivity index is 2.31. The number of hydrogen-bond acceptors (Lipinski definition) is 3. The van der Waals surface area contributed by atoms with Gasteiger partial charge in [0.1, 0.15) is 5.78 Å². The molecule has 1 aromatic rings. The fraction of sp³-hybridized carbons (Fsp3) is 0.308. The Labute approximate surface area is 114 Å². The molecule has 0 N–H and O–H groups in total. The minimum atomic E-state index is -0.422. The van der Waals surface area contributed by atoms with Crippen LogP contribution in [-0.2, 0) is 9.59 Å². The van der Waals surface area contributed by atoms with Crippen LogP contribution in [0.4, 0.5) is 5.69 Å². The third-order valence-electron chi connectivity index (χ3n) is 2.84. The van der Waals surface area contributed by atoms with Gasteiger partial charge in [0.05, 0.1) is 11.6 Å². The second-order valence-corrected chi connectivity index (χ2v) is 5.16. The zero-order valence-electron chi connectivity index (χ0n) is 10.2. The highest BCUT2D eigenvalue weighted by molar-refractivity contribution is 9.10. The average molecular weight is 309 g/mol. The maximum absolute atomic E-state index is 12.2. The minimum absolute atomic E-state index is 0.00289. The van der Waals surface area contributed by atoms with Gasteiger partial charge >= 0.3 is 0 Å². The van der Waals surface area contributed by atoms with Crippen LogP contribution >= 0.6 is 15.9 Å². The van der Waals surface area contributed by atoms with E-state index in [1.807, 2.05) is 24.3 Å². The summed E-state index contributed by atoms with van der Waals surface area (Å²) >= 11 is 3.39. The van der Waals surface area contributed by atoms with E-state index in [1.54, 1.807) is 6.92 Å². The predicted molar refractivity (Wildman–Crippen MR) is 73.5 cm³/mol. The number of carbonyl (C=O) groups excluding carboxylic acids is 2. The van der Waals surface area contributed by atoms with Gasteiger partial charge in [0, 0.05) is 16.6 Å². The number of ketones is 1. The summed E-state index contributed by atoms with van der Waals surface area (Å²) in [5.74, 6) is -0.568. The number of anilines is 1. The number of hydrogen-bond donors (Lipinski definition) is 0. The molecular formula is C13H13BrN2O2. The Kier molecular flexibility index (Phi) is 3.61. The van der Waals surface area contributed by atoms with Crippen molar-refractivity contribution in [2.24, 2.45) is 11.0 Å². The van der Waals surface area contributed by atoms with Gasteiger partial charge in [0.25, 0.3) is 5.91 Å². The zero-order chi connectivity index (χ0) is 13.3. The van der Waals surface area contributed by atoms with E-state index >= 15 is 0 Å². The molecule has 1 amide bonds. The summed E-state index contributed by atoms with van der Waals surface area (Å²) in [6.07, 6.45) is 0.217. The van der Waals surface area contributed by atoms with E-state index in [9.17, 15) is 9.59 Å². The van der Waals surface area contributed by atoms with Crippen LogP contribution in [0.15, 0.2) is 33.8 Å². The van der Waals surface area contributed by atoms with E-state index in [0.717, 1.165) is 4.47 Å². The van der Waals surface area contributed by atoms with E-state index in [2.05, 4.69) is 21.0 Å². The first-order chi connectivity index (χ1) is 8.50. The molecule has 0 aliphatic carbocycles. The molecule has 0 spiro atoms. The van der Waals surface area contributed by atoms with Gasteiger partial charge in [0.15, 0.2) is 0 Å². The third kappa shape index (κ3) is 2.36. The molecule has 0 saturated heterocycles. The maximum atomic E-state index is 12.2. The molecule has 1 atom stereocenters. The molecule has 1 aromatic carbocycles. The molecule has 0 fully saturated rings. The lowest BCUT2D eigenvalue weighted by Crippen LogP contribution is -2.28. The monoisotopic (exact) mass is 308 g/mol. The van der Waals surface area contributed by atoms with Crippen molar-refractivity contribution in [1.29, 1.82) is 0 Å². The first-order valence-corrected chi connectivity index (χ1v) is 6.43. The van der Waals surface area contributed by atoms with Crippen molar-refractivity contribution in [2.75, 3.05) is 5.01 Å². The third-order valence-corrected chi connectivity index (χ3v) is 3.51. The standard InChI is InChI=1S/C13H13BrN2O2/c1-8(17)7-10-9(2)15-16(13(10)18)12-6-4-3-5-11(12)14/h3-6,10H,7H2,1-2H3. The fourth-order valence-corrected chi connectivity index (χ4v) is 2.37. The van der Waals surface area contributed by atoms with Crippen LogP contribution in [0.5, 0.6) is 0 Å². The van der Waals surface area contributed by atoms with Gasteiger partial charge in [-0.2, -0.15) is 10.1 Å². The van der Waals surface area contributed by atoms with Crippen molar-refractivity contribution in [3.63, 3.8) is 0 Å². The fourth-order valence-electron chi connectivity index (χ4n) is 1.92.